The molecule has 2 aromatic rings. The van der Waals surface area contributed by atoms with Gasteiger partial charge in [0.1, 0.15) is 0 Å². The average molecular weight is 257 g/mol. The highest BCUT2D eigenvalue weighted by Gasteiger charge is 2.10. The molecule has 0 aliphatic heterocycles. The number of para-hydroxylation sites is 1. The number of amides is 1. The fourth-order valence-corrected chi connectivity index (χ4v) is 2.10. The van der Waals surface area contributed by atoms with Crippen LogP contribution in [0.3, 0.4) is 0 Å². The molecule has 0 saturated carbocycles. The number of hydrazone groups is 1. The van der Waals surface area contributed by atoms with Crippen molar-refractivity contribution < 1.29 is 4.79 Å². The molecular formula is C15H19N3O. The van der Waals surface area contributed by atoms with Crippen molar-refractivity contribution in [3.05, 3.63) is 36.0 Å². The summed E-state index contributed by atoms with van der Waals surface area (Å²) in [5, 5.41) is 5.04. The van der Waals surface area contributed by atoms with Gasteiger partial charge < -0.3 is 4.98 Å². The maximum atomic E-state index is 12.1. The fraction of sp³-hybridized carbons (Fsp3) is 0.333. The lowest BCUT2D eigenvalue weighted by Crippen LogP contribution is -2.19. The zero-order valence-electron chi connectivity index (χ0n) is 11.5. The highest BCUT2D eigenvalue weighted by Crippen LogP contribution is 2.17. The summed E-state index contributed by atoms with van der Waals surface area (Å²) < 4.78 is 0. The maximum absolute atomic E-state index is 12.1. The first-order valence-electron chi connectivity index (χ1n) is 6.47. The van der Waals surface area contributed by atoms with Crippen LogP contribution in [0.1, 0.15) is 37.6 Å². The molecule has 0 bridgehead atoms. The molecular weight excluding hydrogens is 238 g/mol. The van der Waals surface area contributed by atoms with Crippen LogP contribution in [0.4, 0.5) is 0 Å². The molecule has 0 aliphatic carbocycles. The first-order chi connectivity index (χ1) is 9.08. The van der Waals surface area contributed by atoms with Crippen molar-refractivity contribution in [2.24, 2.45) is 11.0 Å². The Morgan fingerprint density at radius 2 is 2.11 bits per heavy atom. The van der Waals surface area contributed by atoms with Gasteiger partial charge >= 0.3 is 0 Å². The zero-order valence-corrected chi connectivity index (χ0v) is 11.5. The first kappa shape index (κ1) is 13.3. The van der Waals surface area contributed by atoms with E-state index in [1.807, 2.05) is 31.2 Å². The highest BCUT2D eigenvalue weighted by atomic mass is 16.2. The molecule has 0 radical (unpaired) electrons. The van der Waals surface area contributed by atoms with Crippen LogP contribution in [0.2, 0.25) is 0 Å². The van der Waals surface area contributed by atoms with E-state index in [1.54, 1.807) is 6.20 Å². The average Bonchev–Trinajstić information content (AvgIpc) is 2.79. The van der Waals surface area contributed by atoms with Crippen LogP contribution in [0.25, 0.3) is 10.9 Å². The number of benzene rings is 1. The van der Waals surface area contributed by atoms with Crippen molar-refractivity contribution in [2.45, 2.75) is 27.2 Å². The van der Waals surface area contributed by atoms with Crippen molar-refractivity contribution in [3.63, 3.8) is 0 Å². The van der Waals surface area contributed by atoms with Crippen LogP contribution in [-0.4, -0.2) is 16.6 Å². The Bertz CT molecular complexity index is 611. The van der Waals surface area contributed by atoms with Crippen molar-refractivity contribution in [1.82, 2.24) is 10.4 Å². The Kier molecular flexibility index (Phi) is 4.00. The largest absolute Gasteiger partial charge is 0.360 e. The van der Waals surface area contributed by atoms with E-state index in [1.165, 1.54) is 0 Å². The Morgan fingerprint density at radius 1 is 1.37 bits per heavy atom. The molecule has 0 unspecified atom stereocenters. The Balaban J connectivity index is 2.12. The van der Waals surface area contributed by atoms with E-state index >= 15 is 0 Å². The molecule has 1 aromatic heterocycles. The van der Waals surface area contributed by atoms with Gasteiger partial charge in [-0.05, 0) is 25.3 Å². The van der Waals surface area contributed by atoms with Gasteiger partial charge in [0.25, 0.3) is 5.91 Å². The second-order valence-electron chi connectivity index (χ2n) is 5.13. The lowest BCUT2D eigenvalue weighted by Gasteiger charge is -2.04. The van der Waals surface area contributed by atoms with Crippen LogP contribution in [-0.2, 0) is 0 Å². The summed E-state index contributed by atoms with van der Waals surface area (Å²) in [5.74, 6) is 0.356. The maximum Gasteiger partial charge on any atom is 0.273 e. The van der Waals surface area contributed by atoms with Gasteiger partial charge in [-0.25, -0.2) is 5.43 Å². The van der Waals surface area contributed by atoms with E-state index in [9.17, 15) is 4.79 Å². The van der Waals surface area contributed by atoms with Gasteiger partial charge in [-0.15, -0.1) is 0 Å². The number of rotatable bonds is 4. The van der Waals surface area contributed by atoms with Crippen LogP contribution in [0.15, 0.2) is 35.6 Å². The molecule has 2 N–H and O–H groups in total. The molecule has 1 aromatic carbocycles. The minimum Gasteiger partial charge on any atom is -0.360 e. The van der Waals surface area contributed by atoms with Crippen LogP contribution in [0, 0.1) is 5.92 Å². The number of nitrogens with zero attached hydrogens (tertiary/aromatic N) is 1. The monoisotopic (exact) mass is 257 g/mol. The van der Waals surface area contributed by atoms with Gasteiger partial charge in [0.2, 0.25) is 0 Å². The summed E-state index contributed by atoms with van der Waals surface area (Å²) in [5.41, 5.74) is 5.12. The molecule has 2 rings (SSSR count). The zero-order chi connectivity index (χ0) is 13.8. The molecule has 19 heavy (non-hydrogen) atoms. The van der Waals surface area contributed by atoms with Gasteiger partial charge in [0.15, 0.2) is 0 Å². The second-order valence-corrected chi connectivity index (χ2v) is 5.13. The number of aromatic amines is 1. The van der Waals surface area contributed by atoms with E-state index in [2.05, 4.69) is 29.4 Å². The number of hydrogen-bond acceptors (Lipinski definition) is 2. The van der Waals surface area contributed by atoms with Gasteiger partial charge in [-0.2, -0.15) is 5.10 Å². The van der Waals surface area contributed by atoms with Crippen LogP contribution < -0.4 is 5.43 Å². The van der Waals surface area contributed by atoms with Crippen LogP contribution >= 0.6 is 0 Å². The minimum atomic E-state index is -0.180. The van der Waals surface area contributed by atoms with Gasteiger partial charge in [-0.1, -0.05) is 32.0 Å². The topological polar surface area (TPSA) is 57.2 Å². The summed E-state index contributed by atoms with van der Waals surface area (Å²) in [6.07, 6.45) is 2.60. The van der Waals surface area contributed by atoms with E-state index in [0.29, 0.717) is 11.5 Å². The van der Waals surface area contributed by atoms with Gasteiger partial charge in [-0.3, -0.25) is 4.79 Å². The van der Waals surface area contributed by atoms with E-state index in [4.69, 9.17) is 0 Å². The molecule has 100 valence electrons. The van der Waals surface area contributed by atoms with Crippen molar-refractivity contribution in [3.8, 4) is 0 Å². The summed E-state index contributed by atoms with van der Waals surface area (Å²) in [6.45, 7) is 6.18. The quantitative estimate of drug-likeness (QED) is 0.640. The van der Waals surface area contributed by atoms with Crippen molar-refractivity contribution >= 4 is 22.5 Å². The summed E-state index contributed by atoms with van der Waals surface area (Å²) >= 11 is 0. The molecule has 1 amide bonds. The standard InChI is InChI=1S/C15H19N3O/c1-10(2)8-11(3)17-18-15(19)13-9-16-14-7-5-4-6-12(13)14/h4-7,9-10,16H,8H2,1-3H3,(H,18,19). The molecule has 0 aliphatic rings. The number of carbonyl (C=O) groups excluding carboxylic acids is 1. The van der Waals surface area contributed by atoms with Gasteiger partial charge in [0.05, 0.1) is 5.56 Å². The fourth-order valence-electron chi connectivity index (χ4n) is 2.10. The lowest BCUT2D eigenvalue weighted by atomic mass is 10.1. The molecule has 0 atom stereocenters. The molecule has 0 saturated heterocycles. The lowest BCUT2D eigenvalue weighted by molar-refractivity contribution is 0.0956. The number of fused-ring (bicyclic) bond motifs is 1. The summed E-state index contributed by atoms with van der Waals surface area (Å²) in [7, 11) is 0. The third-order valence-electron chi connectivity index (χ3n) is 2.89. The Hall–Kier alpha value is -2.10. The van der Waals surface area contributed by atoms with E-state index < -0.39 is 0 Å². The molecule has 0 fully saturated rings. The SMILES string of the molecule is CC(CC(C)C)=NNC(=O)c1c[nH]c2ccccc12. The highest BCUT2D eigenvalue weighted by molar-refractivity contribution is 6.06. The van der Waals surface area contributed by atoms with Crippen molar-refractivity contribution in [1.29, 1.82) is 0 Å². The Morgan fingerprint density at radius 3 is 2.84 bits per heavy atom. The summed E-state index contributed by atoms with van der Waals surface area (Å²) in [4.78, 5) is 15.2. The number of nitrogens with one attached hydrogen (secondary N) is 2. The van der Waals surface area contributed by atoms with Crippen molar-refractivity contribution in [2.75, 3.05) is 0 Å². The molecule has 0 spiro atoms. The predicted molar refractivity (Wildman–Crippen MR) is 78.3 cm³/mol. The predicted octanol–water partition coefficient (Wildman–Crippen LogP) is 3.32. The van der Waals surface area contributed by atoms with E-state index in [0.717, 1.165) is 23.0 Å². The number of hydrogen-bond donors (Lipinski definition) is 2. The molecule has 4 nitrogen and oxygen atoms in total. The number of carbonyl (C=O) groups is 1. The third kappa shape index (κ3) is 3.22. The van der Waals surface area contributed by atoms with Crippen LogP contribution in [0.5, 0.6) is 0 Å². The second kappa shape index (κ2) is 5.69. The smallest absolute Gasteiger partial charge is 0.273 e. The first-order valence-corrected chi connectivity index (χ1v) is 6.47. The number of H-pyrrole nitrogens is 1. The molecule has 1 heterocycles. The Labute approximate surface area is 112 Å². The molecule has 4 heteroatoms. The van der Waals surface area contributed by atoms with Gasteiger partial charge in [0, 0.05) is 22.8 Å². The van der Waals surface area contributed by atoms with E-state index in [-0.39, 0.29) is 5.91 Å². The summed E-state index contributed by atoms with van der Waals surface area (Å²) in [6, 6.07) is 7.72. The third-order valence-corrected chi connectivity index (χ3v) is 2.89. The normalized spacial score (nSPS) is 12.1. The number of aromatic nitrogens is 1. The minimum absolute atomic E-state index is 0.180.